The highest BCUT2D eigenvalue weighted by Crippen LogP contribution is 2.60. The Bertz CT molecular complexity index is 900. The van der Waals surface area contributed by atoms with Crippen LogP contribution < -0.4 is 5.32 Å². The lowest BCUT2D eigenvalue weighted by Gasteiger charge is -2.23. The molecule has 3 aromatic carbocycles. The summed E-state index contributed by atoms with van der Waals surface area (Å²) in [5, 5.41) is 3.10. The van der Waals surface area contributed by atoms with E-state index in [9.17, 15) is 4.79 Å². The maximum absolute atomic E-state index is 13.0. The summed E-state index contributed by atoms with van der Waals surface area (Å²) >= 11 is 0. The van der Waals surface area contributed by atoms with Crippen molar-refractivity contribution >= 4 is 11.6 Å². The third-order valence-electron chi connectivity index (χ3n) is 5.57. The maximum atomic E-state index is 13.0. The Balaban J connectivity index is 1.74. The van der Waals surface area contributed by atoms with Gasteiger partial charge in [-0.3, -0.25) is 4.79 Å². The molecular formula is C24H23NO. The van der Waals surface area contributed by atoms with E-state index in [4.69, 9.17) is 0 Å². The number of carbonyl (C=O) groups excluding carboxylic acids is 1. The fourth-order valence-corrected chi connectivity index (χ4v) is 4.22. The van der Waals surface area contributed by atoms with Crippen LogP contribution in [-0.2, 0) is 10.2 Å². The first-order chi connectivity index (χ1) is 12.6. The molecule has 0 heterocycles. The first-order valence-corrected chi connectivity index (χ1v) is 9.11. The molecule has 1 amide bonds. The van der Waals surface area contributed by atoms with Crippen LogP contribution in [0.2, 0.25) is 0 Å². The Labute approximate surface area is 154 Å². The van der Waals surface area contributed by atoms with Gasteiger partial charge in [0.25, 0.3) is 0 Å². The van der Waals surface area contributed by atoms with Crippen molar-refractivity contribution in [2.45, 2.75) is 25.7 Å². The maximum Gasteiger partial charge on any atom is 0.228 e. The molecule has 0 spiro atoms. The number of carbonyl (C=O) groups is 1. The SMILES string of the molecule is Cc1ccccc1C1(c2ccccc2C)C[C@H]1C(=O)Nc1ccccc1. The molecule has 0 bridgehead atoms. The van der Waals surface area contributed by atoms with Crippen LogP contribution in [0.25, 0.3) is 0 Å². The predicted octanol–water partition coefficient (Wildman–Crippen LogP) is 5.25. The molecule has 4 rings (SSSR count). The summed E-state index contributed by atoms with van der Waals surface area (Å²) in [5.41, 5.74) is 5.64. The van der Waals surface area contributed by atoms with E-state index < -0.39 is 0 Å². The minimum atomic E-state index is -0.227. The zero-order valence-electron chi connectivity index (χ0n) is 15.2. The van der Waals surface area contributed by atoms with Crippen LogP contribution in [0.5, 0.6) is 0 Å². The van der Waals surface area contributed by atoms with Crippen molar-refractivity contribution in [2.75, 3.05) is 5.32 Å². The van der Waals surface area contributed by atoms with E-state index in [1.807, 2.05) is 30.3 Å². The van der Waals surface area contributed by atoms with Crippen LogP contribution >= 0.6 is 0 Å². The van der Waals surface area contributed by atoms with Crippen molar-refractivity contribution in [3.05, 3.63) is 101 Å². The molecule has 2 heteroatoms. The van der Waals surface area contributed by atoms with Crippen LogP contribution in [-0.4, -0.2) is 5.91 Å². The molecule has 1 fully saturated rings. The van der Waals surface area contributed by atoms with E-state index in [2.05, 4.69) is 67.7 Å². The van der Waals surface area contributed by atoms with Gasteiger partial charge in [-0.25, -0.2) is 0 Å². The molecule has 1 atom stereocenters. The molecule has 0 unspecified atom stereocenters. The van der Waals surface area contributed by atoms with Gasteiger partial charge >= 0.3 is 0 Å². The van der Waals surface area contributed by atoms with Crippen molar-refractivity contribution in [2.24, 2.45) is 5.92 Å². The Morgan fingerprint density at radius 3 is 1.85 bits per heavy atom. The summed E-state index contributed by atoms with van der Waals surface area (Å²) in [6, 6.07) is 26.6. The molecule has 1 N–H and O–H groups in total. The average Bonchev–Trinajstić information content (AvgIpc) is 3.40. The van der Waals surface area contributed by atoms with Crippen LogP contribution in [0.3, 0.4) is 0 Å². The van der Waals surface area contributed by atoms with Gasteiger partial charge in [0, 0.05) is 11.1 Å². The van der Waals surface area contributed by atoms with E-state index in [1.54, 1.807) is 0 Å². The Morgan fingerprint density at radius 2 is 1.31 bits per heavy atom. The zero-order valence-corrected chi connectivity index (χ0v) is 15.2. The lowest BCUT2D eigenvalue weighted by Crippen LogP contribution is -2.23. The lowest BCUT2D eigenvalue weighted by atomic mass is 9.81. The molecule has 0 aromatic heterocycles. The second-order valence-electron chi connectivity index (χ2n) is 7.21. The number of rotatable bonds is 4. The largest absolute Gasteiger partial charge is 0.326 e. The normalized spacial score (nSPS) is 17.5. The summed E-state index contributed by atoms with van der Waals surface area (Å²) in [5.74, 6) is 0.0487. The third kappa shape index (κ3) is 2.72. The number of hydrogen-bond acceptors (Lipinski definition) is 1. The molecule has 0 aliphatic heterocycles. The topological polar surface area (TPSA) is 29.1 Å². The highest BCUT2D eigenvalue weighted by molar-refractivity contribution is 5.97. The summed E-state index contributed by atoms with van der Waals surface area (Å²) in [6.45, 7) is 4.28. The molecule has 1 aliphatic rings. The minimum Gasteiger partial charge on any atom is -0.326 e. The summed E-state index contributed by atoms with van der Waals surface area (Å²) in [6.07, 6.45) is 0.849. The molecule has 0 saturated heterocycles. The van der Waals surface area contributed by atoms with Gasteiger partial charge < -0.3 is 5.32 Å². The van der Waals surface area contributed by atoms with Crippen molar-refractivity contribution in [3.63, 3.8) is 0 Å². The number of amides is 1. The lowest BCUT2D eigenvalue weighted by molar-refractivity contribution is -0.117. The van der Waals surface area contributed by atoms with Crippen LogP contribution in [0, 0.1) is 19.8 Å². The highest BCUT2D eigenvalue weighted by atomic mass is 16.2. The predicted molar refractivity (Wildman–Crippen MR) is 106 cm³/mol. The van der Waals surface area contributed by atoms with Crippen LogP contribution in [0.4, 0.5) is 5.69 Å². The second kappa shape index (κ2) is 6.45. The smallest absolute Gasteiger partial charge is 0.228 e. The molecular weight excluding hydrogens is 318 g/mol. The molecule has 1 aliphatic carbocycles. The summed E-state index contributed by atoms with van der Waals surface area (Å²) in [7, 11) is 0. The second-order valence-corrected chi connectivity index (χ2v) is 7.21. The first kappa shape index (κ1) is 16.6. The zero-order chi connectivity index (χ0) is 18.1. The Hall–Kier alpha value is -2.87. The van der Waals surface area contributed by atoms with Gasteiger partial charge in [-0.05, 0) is 54.7 Å². The summed E-state index contributed by atoms with van der Waals surface area (Å²) in [4.78, 5) is 13.0. The number of hydrogen-bond donors (Lipinski definition) is 1. The number of aryl methyl sites for hydroxylation is 2. The van der Waals surface area contributed by atoms with E-state index >= 15 is 0 Å². The number of anilines is 1. The van der Waals surface area contributed by atoms with E-state index in [-0.39, 0.29) is 17.2 Å². The van der Waals surface area contributed by atoms with Gasteiger partial charge in [-0.2, -0.15) is 0 Å². The molecule has 3 aromatic rings. The fraction of sp³-hybridized carbons (Fsp3) is 0.208. The number of para-hydroxylation sites is 1. The standard InChI is InChI=1S/C24H23NO/c1-17-10-6-8-14-20(17)24(21-15-9-7-11-18(21)2)16-22(24)23(26)25-19-12-4-3-5-13-19/h3-15,22H,16H2,1-2H3,(H,25,26)/t22-/m0/s1. The molecule has 130 valence electrons. The monoisotopic (exact) mass is 341 g/mol. The third-order valence-corrected chi connectivity index (χ3v) is 5.57. The molecule has 2 nitrogen and oxygen atoms in total. The quantitative estimate of drug-likeness (QED) is 0.690. The van der Waals surface area contributed by atoms with E-state index in [0.29, 0.717) is 0 Å². The summed E-state index contributed by atoms with van der Waals surface area (Å²) < 4.78 is 0. The Morgan fingerprint density at radius 1 is 0.808 bits per heavy atom. The van der Waals surface area contributed by atoms with Gasteiger partial charge in [0.2, 0.25) is 5.91 Å². The highest BCUT2D eigenvalue weighted by Gasteiger charge is 2.61. The number of benzene rings is 3. The van der Waals surface area contributed by atoms with E-state index in [0.717, 1.165) is 12.1 Å². The van der Waals surface area contributed by atoms with Gasteiger partial charge in [-0.15, -0.1) is 0 Å². The van der Waals surface area contributed by atoms with Crippen LogP contribution in [0.15, 0.2) is 78.9 Å². The van der Waals surface area contributed by atoms with Crippen LogP contribution in [0.1, 0.15) is 28.7 Å². The van der Waals surface area contributed by atoms with Crippen molar-refractivity contribution < 1.29 is 4.79 Å². The first-order valence-electron chi connectivity index (χ1n) is 9.11. The fourth-order valence-electron chi connectivity index (χ4n) is 4.22. The van der Waals surface area contributed by atoms with Gasteiger partial charge in [0.1, 0.15) is 0 Å². The van der Waals surface area contributed by atoms with E-state index in [1.165, 1.54) is 22.3 Å². The molecule has 1 saturated carbocycles. The average molecular weight is 341 g/mol. The van der Waals surface area contributed by atoms with Crippen molar-refractivity contribution in [1.29, 1.82) is 0 Å². The van der Waals surface area contributed by atoms with Gasteiger partial charge in [0.05, 0.1) is 5.92 Å². The molecule has 26 heavy (non-hydrogen) atoms. The van der Waals surface area contributed by atoms with Crippen molar-refractivity contribution in [3.8, 4) is 0 Å². The minimum absolute atomic E-state index is 0.0510. The number of nitrogens with one attached hydrogen (secondary N) is 1. The Kier molecular flexibility index (Phi) is 4.12. The van der Waals surface area contributed by atoms with Crippen molar-refractivity contribution in [1.82, 2.24) is 0 Å². The molecule has 0 radical (unpaired) electrons. The van der Waals surface area contributed by atoms with Gasteiger partial charge in [-0.1, -0.05) is 66.7 Å². The van der Waals surface area contributed by atoms with Gasteiger partial charge in [0.15, 0.2) is 0 Å².